The largest absolute Gasteiger partial charge is 0.467 e. The average Bonchev–Trinajstić information content (AvgIpc) is 3.26. The first kappa shape index (κ1) is 12.7. The quantitative estimate of drug-likeness (QED) is 0.511. The molecule has 2 aliphatic rings. The van der Waals surface area contributed by atoms with Gasteiger partial charge in [-0.1, -0.05) is 0 Å². The molecular weight excluding hydrogens is 303 g/mol. The molecule has 2 aliphatic heterocycles. The van der Waals surface area contributed by atoms with E-state index < -0.39 is 7.67 Å². The molecule has 106 valence electrons. The highest BCUT2D eigenvalue weighted by molar-refractivity contribution is 7.55. The molecule has 0 aromatic carbocycles. The van der Waals surface area contributed by atoms with Crippen LogP contribution < -0.4 is 4.25 Å². The van der Waals surface area contributed by atoms with Crippen molar-refractivity contribution in [1.29, 1.82) is 0 Å². The molecule has 0 saturated carbocycles. The third-order valence-electron chi connectivity index (χ3n) is 3.86. The van der Waals surface area contributed by atoms with E-state index in [1.807, 2.05) is 7.05 Å². The normalized spacial score (nSPS) is 23.8. The number of halogens is 1. The van der Waals surface area contributed by atoms with Crippen LogP contribution >= 0.6 is 19.3 Å². The molecule has 4 rings (SSSR count). The number of hydrogen-bond acceptors (Lipinski definition) is 4. The number of nitrogens with zero attached hydrogens (tertiary/aromatic N) is 6. The molecule has 1 unspecified atom stereocenters. The van der Waals surface area contributed by atoms with Crippen molar-refractivity contribution < 1.29 is 9.46 Å². The van der Waals surface area contributed by atoms with Crippen LogP contribution in [-0.4, -0.2) is 55.3 Å². The van der Waals surface area contributed by atoms with Gasteiger partial charge < -0.3 is 4.57 Å². The van der Waals surface area contributed by atoms with Crippen LogP contribution in [0, 0.1) is 0 Å². The molecule has 2 saturated heterocycles. The first-order chi connectivity index (χ1) is 9.46. The Kier molecular flexibility index (Phi) is 2.39. The molecule has 1 atom stereocenters. The number of aromatic nitrogens is 4. The standard InChI is InChI=1S/C10H12ClN6O2P/c1-15-6-12-8-7(15)9(14-10(11)13-8)17(4-5-17)20(18,19)16-2-3-16/h6H,2-5H2,1H3/p+1. The van der Waals surface area contributed by atoms with Gasteiger partial charge in [-0.05, 0) is 11.6 Å². The SMILES string of the molecule is Cn1cnc2nc(Cl)nc([N+]3(P(=O)(O)N4CC4)CC3)c21. The highest BCUT2D eigenvalue weighted by atomic mass is 35.5. The summed E-state index contributed by atoms with van der Waals surface area (Å²) in [4.78, 5) is 23.0. The number of quaternary nitrogens is 1. The summed E-state index contributed by atoms with van der Waals surface area (Å²) >= 11 is 5.95. The molecule has 1 N–H and O–H groups in total. The van der Waals surface area contributed by atoms with Gasteiger partial charge in [0.25, 0.3) is 5.82 Å². The summed E-state index contributed by atoms with van der Waals surface area (Å²) in [5.74, 6) is 0.498. The van der Waals surface area contributed by atoms with Gasteiger partial charge >= 0.3 is 7.67 Å². The molecule has 8 nitrogen and oxygen atoms in total. The molecule has 2 fully saturated rings. The van der Waals surface area contributed by atoms with Crippen molar-refractivity contribution in [1.82, 2.24) is 28.4 Å². The molecule has 0 spiro atoms. The number of fused-ring (bicyclic) bond motifs is 1. The van der Waals surface area contributed by atoms with Gasteiger partial charge in [0.05, 0.1) is 6.33 Å². The molecule has 0 aliphatic carbocycles. The lowest BCUT2D eigenvalue weighted by atomic mass is 10.5. The number of imidazole rings is 1. The minimum atomic E-state index is -3.51. The van der Waals surface area contributed by atoms with E-state index in [-0.39, 0.29) is 9.54 Å². The van der Waals surface area contributed by atoms with Crippen LogP contribution in [0.4, 0.5) is 5.82 Å². The van der Waals surface area contributed by atoms with Crippen LogP contribution in [0.1, 0.15) is 0 Å². The Morgan fingerprint density at radius 2 is 2.10 bits per heavy atom. The smallest absolute Gasteiger partial charge is 0.326 e. The zero-order valence-electron chi connectivity index (χ0n) is 10.8. The zero-order chi connectivity index (χ0) is 14.1. The van der Waals surface area contributed by atoms with Crippen LogP contribution in [0.2, 0.25) is 5.28 Å². The Balaban J connectivity index is 1.98. The van der Waals surface area contributed by atoms with E-state index in [1.54, 1.807) is 15.6 Å². The molecule has 0 bridgehead atoms. The Morgan fingerprint density at radius 3 is 2.70 bits per heavy atom. The summed E-state index contributed by atoms with van der Waals surface area (Å²) in [5.41, 5.74) is 1.13. The highest BCUT2D eigenvalue weighted by Crippen LogP contribution is 2.65. The van der Waals surface area contributed by atoms with Crippen molar-refractivity contribution in [3.05, 3.63) is 11.6 Å². The molecule has 0 amide bonds. The van der Waals surface area contributed by atoms with E-state index in [4.69, 9.17) is 11.6 Å². The fourth-order valence-electron chi connectivity index (χ4n) is 2.54. The lowest BCUT2D eigenvalue weighted by Gasteiger charge is -2.22. The second-order valence-corrected chi connectivity index (χ2v) is 7.88. The van der Waals surface area contributed by atoms with Crippen molar-refractivity contribution in [3.63, 3.8) is 0 Å². The molecule has 20 heavy (non-hydrogen) atoms. The molecule has 0 radical (unpaired) electrons. The Labute approximate surface area is 119 Å². The third kappa shape index (κ3) is 1.54. The summed E-state index contributed by atoms with van der Waals surface area (Å²) in [6, 6.07) is 0. The van der Waals surface area contributed by atoms with Crippen LogP contribution in [0.15, 0.2) is 6.33 Å². The van der Waals surface area contributed by atoms with Gasteiger partial charge in [0.2, 0.25) is 5.28 Å². The van der Waals surface area contributed by atoms with Gasteiger partial charge in [-0.25, -0.2) is 9.55 Å². The van der Waals surface area contributed by atoms with E-state index in [0.29, 0.717) is 43.2 Å². The van der Waals surface area contributed by atoms with Crippen molar-refractivity contribution in [3.8, 4) is 0 Å². The molecule has 2 aromatic heterocycles. The average molecular weight is 316 g/mol. The Morgan fingerprint density at radius 1 is 1.40 bits per heavy atom. The number of aryl methyl sites for hydroxylation is 1. The summed E-state index contributed by atoms with van der Waals surface area (Å²) in [7, 11) is -1.69. The number of hydrogen-bond donors (Lipinski definition) is 1. The fourth-order valence-corrected chi connectivity index (χ4v) is 4.79. The van der Waals surface area contributed by atoms with Gasteiger partial charge in [-0.3, -0.25) is 4.89 Å². The minimum absolute atomic E-state index is 0.0364. The molecule has 10 heteroatoms. The Bertz CT molecular complexity index is 768. The van der Waals surface area contributed by atoms with Crippen LogP contribution in [0.3, 0.4) is 0 Å². The first-order valence-electron chi connectivity index (χ1n) is 6.27. The summed E-state index contributed by atoms with van der Waals surface area (Å²) in [6.45, 7) is 2.47. The maximum atomic E-state index is 12.8. The van der Waals surface area contributed by atoms with Crippen LogP contribution in [-0.2, 0) is 11.6 Å². The first-order valence-corrected chi connectivity index (χ1v) is 8.21. The minimum Gasteiger partial charge on any atom is -0.326 e. The van der Waals surface area contributed by atoms with E-state index in [9.17, 15) is 9.46 Å². The third-order valence-corrected chi connectivity index (χ3v) is 6.75. The Hall–Kier alpha value is -1.05. The van der Waals surface area contributed by atoms with Gasteiger partial charge in [0.15, 0.2) is 11.2 Å². The highest BCUT2D eigenvalue weighted by Gasteiger charge is 2.66. The van der Waals surface area contributed by atoms with Gasteiger partial charge in [-0.15, -0.1) is 0 Å². The fraction of sp³-hybridized carbons (Fsp3) is 0.500. The monoisotopic (exact) mass is 315 g/mol. The van der Waals surface area contributed by atoms with E-state index in [1.165, 1.54) is 0 Å². The van der Waals surface area contributed by atoms with E-state index in [0.717, 1.165) is 0 Å². The van der Waals surface area contributed by atoms with Crippen molar-refractivity contribution >= 4 is 36.3 Å². The van der Waals surface area contributed by atoms with Gasteiger partial charge in [0.1, 0.15) is 13.1 Å². The van der Waals surface area contributed by atoms with Gasteiger partial charge in [-0.2, -0.15) is 18.9 Å². The summed E-state index contributed by atoms with van der Waals surface area (Å²) in [5, 5.41) is 0.0568. The van der Waals surface area contributed by atoms with Crippen molar-refractivity contribution in [2.75, 3.05) is 26.2 Å². The van der Waals surface area contributed by atoms with E-state index in [2.05, 4.69) is 15.0 Å². The second kappa shape index (κ2) is 3.78. The lowest BCUT2D eigenvalue weighted by Crippen LogP contribution is -2.27. The lowest BCUT2D eigenvalue weighted by molar-refractivity contribution is 0.401. The van der Waals surface area contributed by atoms with Crippen molar-refractivity contribution in [2.45, 2.75) is 0 Å². The second-order valence-electron chi connectivity index (χ2n) is 5.18. The van der Waals surface area contributed by atoms with Gasteiger partial charge in [0, 0.05) is 20.1 Å². The summed E-state index contributed by atoms with van der Waals surface area (Å²) in [6.07, 6.45) is 1.61. The number of rotatable bonds is 3. The van der Waals surface area contributed by atoms with Crippen LogP contribution in [0.5, 0.6) is 0 Å². The molecule has 4 heterocycles. The maximum Gasteiger partial charge on any atom is 0.467 e. The predicted molar refractivity (Wildman–Crippen MR) is 74.2 cm³/mol. The van der Waals surface area contributed by atoms with Crippen molar-refractivity contribution in [2.24, 2.45) is 7.05 Å². The predicted octanol–water partition coefficient (Wildman–Crippen LogP) is 0.754. The zero-order valence-corrected chi connectivity index (χ0v) is 12.4. The topological polar surface area (TPSA) is 83.9 Å². The van der Waals surface area contributed by atoms with E-state index >= 15 is 0 Å². The maximum absolute atomic E-state index is 12.8. The van der Waals surface area contributed by atoms with Crippen LogP contribution in [0.25, 0.3) is 11.2 Å². The molecular formula is C10H13ClN6O2P+. The molecule has 2 aromatic rings. The summed E-state index contributed by atoms with van der Waals surface area (Å²) < 4.78 is 16.1.